The molecule has 1 unspecified atom stereocenters. The van der Waals surface area contributed by atoms with Gasteiger partial charge in [-0.1, -0.05) is 12.8 Å². The van der Waals surface area contributed by atoms with Gasteiger partial charge in [-0.05, 0) is 62.2 Å². The minimum absolute atomic E-state index is 0.0265. The molecule has 8 nitrogen and oxygen atoms in total. The Labute approximate surface area is 194 Å². The average molecular weight is 476 g/mol. The zero-order valence-electron chi connectivity index (χ0n) is 19.1. The van der Waals surface area contributed by atoms with Gasteiger partial charge in [-0.25, -0.2) is 13.2 Å². The Kier molecular flexibility index (Phi) is 8.10. The van der Waals surface area contributed by atoms with Gasteiger partial charge in [-0.2, -0.15) is 4.31 Å². The highest BCUT2D eigenvalue weighted by Gasteiger charge is 2.30. The van der Waals surface area contributed by atoms with Gasteiger partial charge < -0.3 is 14.2 Å². The second-order valence-electron chi connectivity index (χ2n) is 7.82. The Bertz CT molecular complexity index is 1090. The average Bonchev–Trinajstić information content (AvgIpc) is 3.13. The van der Waals surface area contributed by atoms with Crippen LogP contribution in [0.1, 0.15) is 53.3 Å². The van der Waals surface area contributed by atoms with Crippen LogP contribution in [0, 0.1) is 0 Å². The minimum atomic E-state index is -3.86. The molecule has 1 heterocycles. The van der Waals surface area contributed by atoms with Crippen LogP contribution in [0.2, 0.25) is 0 Å². The number of carbonyl (C=O) groups excluding carboxylic acids is 2. The Morgan fingerprint density at radius 1 is 0.879 bits per heavy atom. The summed E-state index contributed by atoms with van der Waals surface area (Å²) >= 11 is 0. The van der Waals surface area contributed by atoms with Crippen LogP contribution < -0.4 is 9.47 Å². The van der Waals surface area contributed by atoms with Crippen LogP contribution in [-0.2, 0) is 14.8 Å². The number of methoxy groups -OCH3 is 2. The number of esters is 1. The SMILES string of the molecule is COc1ccc(C(=O)C(C)OC(=O)c2ccc(OC)c(S(=O)(=O)N3CCCCCC3)c2)cc1. The number of sulfonamides is 1. The highest BCUT2D eigenvalue weighted by molar-refractivity contribution is 7.89. The number of benzene rings is 2. The predicted molar refractivity (Wildman–Crippen MR) is 122 cm³/mol. The minimum Gasteiger partial charge on any atom is -0.497 e. The summed E-state index contributed by atoms with van der Waals surface area (Å²) in [4.78, 5) is 25.3. The second kappa shape index (κ2) is 10.8. The molecule has 1 aliphatic rings. The molecule has 0 saturated carbocycles. The lowest BCUT2D eigenvalue weighted by molar-refractivity contribution is 0.0318. The summed E-state index contributed by atoms with van der Waals surface area (Å²) in [7, 11) is -0.952. The fourth-order valence-electron chi connectivity index (χ4n) is 3.70. The van der Waals surface area contributed by atoms with Crippen molar-refractivity contribution >= 4 is 21.8 Å². The molecule has 1 atom stereocenters. The Balaban J connectivity index is 1.81. The number of hydrogen-bond acceptors (Lipinski definition) is 7. The monoisotopic (exact) mass is 475 g/mol. The van der Waals surface area contributed by atoms with Gasteiger partial charge in [-0.3, -0.25) is 4.79 Å². The Morgan fingerprint density at radius 3 is 2.06 bits per heavy atom. The quantitative estimate of drug-likeness (QED) is 0.424. The van der Waals surface area contributed by atoms with Crippen LogP contribution in [-0.4, -0.2) is 57.9 Å². The highest BCUT2D eigenvalue weighted by atomic mass is 32.2. The third-order valence-electron chi connectivity index (χ3n) is 5.61. The molecule has 9 heteroatoms. The van der Waals surface area contributed by atoms with Gasteiger partial charge in [0.25, 0.3) is 0 Å². The van der Waals surface area contributed by atoms with Gasteiger partial charge >= 0.3 is 5.97 Å². The van der Waals surface area contributed by atoms with E-state index in [0.29, 0.717) is 24.4 Å². The molecule has 0 amide bonds. The van der Waals surface area contributed by atoms with Crippen LogP contribution in [0.5, 0.6) is 11.5 Å². The van der Waals surface area contributed by atoms with Crippen LogP contribution in [0.4, 0.5) is 0 Å². The number of Topliss-reactive ketones (excluding diaryl/α,β-unsaturated/α-hetero) is 1. The van der Waals surface area contributed by atoms with Gasteiger partial charge in [0.15, 0.2) is 6.10 Å². The summed E-state index contributed by atoms with van der Waals surface area (Å²) in [6, 6.07) is 10.6. The molecule has 33 heavy (non-hydrogen) atoms. The smallest absolute Gasteiger partial charge is 0.338 e. The maximum atomic E-state index is 13.3. The van der Waals surface area contributed by atoms with E-state index < -0.39 is 22.1 Å². The first-order valence-corrected chi connectivity index (χ1v) is 12.3. The molecule has 0 aliphatic carbocycles. The van der Waals surface area contributed by atoms with Crippen molar-refractivity contribution in [2.75, 3.05) is 27.3 Å². The summed E-state index contributed by atoms with van der Waals surface area (Å²) < 4.78 is 43.7. The van der Waals surface area contributed by atoms with Crippen LogP contribution >= 0.6 is 0 Å². The van der Waals surface area contributed by atoms with E-state index in [4.69, 9.17) is 14.2 Å². The number of ether oxygens (including phenoxy) is 3. The van der Waals surface area contributed by atoms with Crippen molar-refractivity contribution in [2.24, 2.45) is 0 Å². The van der Waals surface area contributed by atoms with E-state index in [0.717, 1.165) is 25.7 Å². The van der Waals surface area contributed by atoms with Gasteiger partial charge in [-0.15, -0.1) is 0 Å². The molecule has 0 bridgehead atoms. The van der Waals surface area contributed by atoms with E-state index in [2.05, 4.69) is 0 Å². The topological polar surface area (TPSA) is 99.2 Å². The molecule has 1 aliphatic heterocycles. The van der Waals surface area contributed by atoms with Crippen molar-refractivity contribution in [3.63, 3.8) is 0 Å². The fourth-order valence-corrected chi connectivity index (χ4v) is 5.40. The summed E-state index contributed by atoms with van der Waals surface area (Å²) in [5.74, 6) is -0.415. The molecule has 0 aromatic heterocycles. The number of carbonyl (C=O) groups is 2. The van der Waals surface area contributed by atoms with Crippen molar-refractivity contribution in [1.29, 1.82) is 0 Å². The molecule has 0 N–H and O–H groups in total. The number of rotatable bonds is 8. The van der Waals surface area contributed by atoms with E-state index in [1.54, 1.807) is 24.3 Å². The predicted octanol–water partition coefficient (Wildman–Crippen LogP) is 3.70. The van der Waals surface area contributed by atoms with Gasteiger partial charge in [0, 0.05) is 18.7 Å². The van der Waals surface area contributed by atoms with Crippen LogP contribution in [0.3, 0.4) is 0 Å². The van der Waals surface area contributed by atoms with Crippen molar-refractivity contribution in [3.05, 3.63) is 53.6 Å². The lowest BCUT2D eigenvalue weighted by Gasteiger charge is -2.21. The van der Waals surface area contributed by atoms with E-state index in [1.165, 1.54) is 43.6 Å². The third-order valence-corrected chi connectivity index (χ3v) is 7.53. The van der Waals surface area contributed by atoms with E-state index >= 15 is 0 Å². The molecule has 2 aromatic rings. The third kappa shape index (κ3) is 5.72. The number of hydrogen-bond donors (Lipinski definition) is 0. The largest absolute Gasteiger partial charge is 0.497 e. The maximum absolute atomic E-state index is 13.3. The van der Waals surface area contributed by atoms with E-state index in [-0.39, 0.29) is 22.0 Å². The van der Waals surface area contributed by atoms with Crippen molar-refractivity contribution in [3.8, 4) is 11.5 Å². The summed E-state index contributed by atoms with van der Waals surface area (Å²) in [5.41, 5.74) is 0.397. The molecule has 1 saturated heterocycles. The molecular formula is C24H29NO7S. The molecule has 3 rings (SSSR count). The first-order valence-electron chi connectivity index (χ1n) is 10.9. The summed E-state index contributed by atoms with van der Waals surface area (Å²) in [5, 5.41) is 0. The zero-order chi connectivity index (χ0) is 24.0. The second-order valence-corrected chi connectivity index (χ2v) is 9.73. The number of nitrogens with zero attached hydrogens (tertiary/aromatic N) is 1. The molecular weight excluding hydrogens is 446 g/mol. The fraction of sp³-hybridized carbons (Fsp3) is 0.417. The Morgan fingerprint density at radius 2 is 1.48 bits per heavy atom. The molecule has 0 spiro atoms. The van der Waals surface area contributed by atoms with Gasteiger partial charge in [0.1, 0.15) is 16.4 Å². The summed E-state index contributed by atoms with van der Waals surface area (Å²) in [6.45, 7) is 2.32. The van der Waals surface area contributed by atoms with Crippen molar-refractivity contribution in [2.45, 2.75) is 43.6 Å². The maximum Gasteiger partial charge on any atom is 0.338 e. The van der Waals surface area contributed by atoms with Gasteiger partial charge in [0.2, 0.25) is 15.8 Å². The summed E-state index contributed by atoms with van der Waals surface area (Å²) in [6.07, 6.45) is 2.48. The van der Waals surface area contributed by atoms with Crippen LogP contribution in [0.25, 0.3) is 0 Å². The highest BCUT2D eigenvalue weighted by Crippen LogP contribution is 2.30. The van der Waals surface area contributed by atoms with Gasteiger partial charge in [0.05, 0.1) is 19.8 Å². The normalized spacial score (nSPS) is 15.8. The van der Waals surface area contributed by atoms with Crippen molar-refractivity contribution in [1.82, 2.24) is 4.31 Å². The molecule has 1 fully saturated rings. The Hall–Kier alpha value is -2.91. The number of ketones is 1. The van der Waals surface area contributed by atoms with E-state index in [1.807, 2.05) is 0 Å². The zero-order valence-corrected chi connectivity index (χ0v) is 19.9. The lowest BCUT2D eigenvalue weighted by atomic mass is 10.1. The van der Waals surface area contributed by atoms with Crippen molar-refractivity contribution < 1.29 is 32.2 Å². The lowest BCUT2D eigenvalue weighted by Crippen LogP contribution is -2.32. The molecule has 178 valence electrons. The molecule has 0 radical (unpaired) electrons. The first-order chi connectivity index (χ1) is 15.8. The first kappa shape index (κ1) is 24.7. The van der Waals surface area contributed by atoms with E-state index in [9.17, 15) is 18.0 Å². The standard InChI is InChI=1S/C24H29NO7S/c1-17(23(26)18-8-11-20(30-2)12-9-18)32-24(27)19-10-13-21(31-3)22(16-19)33(28,29)25-14-6-4-5-7-15-25/h8-13,16-17H,4-7,14-15H2,1-3H3. The molecule has 2 aromatic carbocycles. The van der Waals surface area contributed by atoms with Crippen LogP contribution in [0.15, 0.2) is 47.4 Å².